The molecule has 2 aliphatic heterocycles. The molecule has 0 aromatic rings. The van der Waals surface area contributed by atoms with Crippen molar-refractivity contribution in [2.24, 2.45) is 23.7 Å². The zero-order chi connectivity index (χ0) is 14.9. The summed E-state index contributed by atoms with van der Waals surface area (Å²) in [4.78, 5) is 8.10. The molecule has 0 aromatic carbocycles. The zero-order valence-corrected chi connectivity index (χ0v) is 14.6. The van der Waals surface area contributed by atoms with Gasteiger partial charge in [0.15, 0.2) is 0 Å². The number of hydrogen-bond acceptors (Lipinski definition) is 3. The van der Waals surface area contributed by atoms with Gasteiger partial charge < -0.3 is 14.7 Å². The minimum Gasteiger partial charge on any atom is -0.304 e. The van der Waals surface area contributed by atoms with E-state index in [4.69, 9.17) is 0 Å². The van der Waals surface area contributed by atoms with Crippen LogP contribution in [0.15, 0.2) is 0 Å². The Morgan fingerprint density at radius 3 is 2.27 bits per heavy atom. The van der Waals surface area contributed by atoms with Crippen LogP contribution >= 0.6 is 0 Å². The van der Waals surface area contributed by atoms with Crippen molar-refractivity contribution in [3.05, 3.63) is 0 Å². The van der Waals surface area contributed by atoms with Gasteiger partial charge in [-0.25, -0.2) is 0 Å². The lowest BCUT2D eigenvalue weighted by molar-refractivity contribution is 0.0933. The maximum absolute atomic E-state index is 2.85. The molecule has 22 heavy (non-hydrogen) atoms. The van der Waals surface area contributed by atoms with Crippen LogP contribution in [-0.2, 0) is 0 Å². The Balaban J connectivity index is 1.30. The molecule has 2 aliphatic carbocycles. The SMILES string of the molecule is CN1CCN(C[C@@H]2CCC[C@@H]3CN(CC4CCC4)C[C@@H]32)CC1. The van der Waals surface area contributed by atoms with Gasteiger partial charge in [-0.2, -0.15) is 0 Å². The molecule has 4 aliphatic rings. The van der Waals surface area contributed by atoms with Crippen LogP contribution in [-0.4, -0.2) is 74.1 Å². The minimum absolute atomic E-state index is 0.994. The smallest absolute Gasteiger partial charge is 0.0110 e. The molecular weight excluding hydrogens is 270 g/mol. The highest BCUT2D eigenvalue weighted by molar-refractivity contribution is 4.93. The number of nitrogens with zero attached hydrogens (tertiary/aromatic N) is 3. The van der Waals surface area contributed by atoms with E-state index in [2.05, 4.69) is 21.7 Å². The third-order valence-corrected chi connectivity index (χ3v) is 7.15. The van der Waals surface area contributed by atoms with E-state index in [-0.39, 0.29) is 0 Å². The van der Waals surface area contributed by atoms with E-state index in [0.717, 1.165) is 23.7 Å². The molecule has 3 atom stereocenters. The standard InChI is InChI=1S/C19H35N3/c1-20-8-10-21(11-9-20)13-17-6-3-7-18-14-22(15-19(17)18)12-16-4-2-5-16/h16-19H,2-15H2,1H3/t17-,18+,19+/m0/s1. The highest BCUT2D eigenvalue weighted by Gasteiger charge is 2.41. The number of likely N-dealkylation sites (N-methyl/N-ethyl adjacent to an activating group) is 1. The number of hydrogen-bond donors (Lipinski definition) is 0. The van der Waals surface area contributed by atoms with Crippen LogP contribution in [0.4, 0.5) is 0 Å². The largest absolute Gasteiger partial charge is 0.304 e. The van der Waals surface area contributed by atoms with E-state index in [1.165, 1.54) is 90.9 Å². The molecule has 2 saturated heterocycles. The summed E-state index contributed by atoms with van der Waals surface area (Å²) in [6, 6.07) is 0. The first-order valence-electron chi connectivity index (χ1n) is 9.91. The molecule has 0 aromatic heterocycles. The van der Waals surface area contributed by atoms with Gasteiger partial charge in [0.25, 0.3) is 0 Å². The topological polar surface area (TPSA) is 9.72 Å². The molecule has 0 unspecified atom stereocenters. The molecule has 0 amide bonds. The Labute approximate surface area is 137 Å². The van der Waals surface area contributed by atoms with Crippen LogP contribution in [0, 0.1) is 23.7 Å². The van der Waals surface area contributed by atoms with Gasteiger partial charge in [0.2, 0.25) is 0 Å². The fraction of sp³-hybridized carbons (Fsp3) is 1.00. The normalized spacial score (nSPS) is 38.9. The van der Waals surface area contributed by atoms with Crippen LogP contribution in [0.1, 0.15) is 38.5 Å². The second kappa shape index (κ2) is 6.78. The van der Waals surface area contributed by atoms with Crippen molar-refractivity contribution in [3.8, 4) is 0 Å². The van der Waals surface area contributed by atoms with Crippen molar-refractivity contribution < 1.29 is 0 Å². The van der Waals surface area contributed by atoms with Gasteiger partial charge in [0.1, 0.15) is 0 Å². The summed E-state index contributed by atoms with van der Waals surface area (Å²) in [5.41, 5.74) is 0. The van der Waals surface area contributed by atoms with Gasteiger partial charge in [0.05, 0.1) is 0 Å². The fourth-order valence-electron chi connectivity index (χ4n) is 5.46. The van der Waals surface area contributed by atoms with Crippen molar-refractivity contribution in [2.75, 3.05) is 59.4 Å². The summed E-state index contributed by atoms with van der Waals surface area (Å²) in [6.07, 6.45) is 9.04. The summed E-state index contributed by atoms with van der Waals surface area (Å²) in [7, 11) is 2.27. The van der Waals surface area contributed by atoms with Gasteiger partial charge in [-0.05, 0) is 56.4 Å². The summed E-state index contributed by atoms with van der Waals surface area (Å²) in [5.74, 6) is 4.10. The van der Waals surface area contributed by atoms with Crippen molar-refractivity contribution >= 4 is 0 Å². The van der Waals surface area contributed by atoms with Crippen LogP contribution in [0.3, 0.4) is 0 Å². The first-order chi connectivity index (χ1) is 10.8. The van der Waals surface area contributed by atoms with Crippen LogP contribution in [0.25, 0.3) is 0 Å². The molecule has 4 fully saturated rings. The molecule has 2 saturated carbocycles. The predicted molar refractivity (Wildman–Crippen MR) is 92.0 cm³/mol. The van der Waals surface area contributed by atoms with Crippen molar-refractivity contribution in [1.29, 1.82) is 0 Å². The zero-order valence-electron chi connectivity index (χ0n) is 14.6. The molecular formula is C19H35N3. The molecule has 3 heteroatoms. The summed E-state index contributed by atoms with van der Waals surface area (Å²) in [6.45, 7) is 10.8. The Hall–Kier alpha value is -0.120. The Bertz CT molecular complexity index is 360. The number of likely N-dealkylation sites (tertiary alicyclic amines) is 1. The van der Waals surface area contributed by atoms with E-state index >= 15 is 0 Å². The van der Waals surface area contributed by atoms with Gasteiger partial charge in [-0.15, -0.1) is 0 Å². The number of fused-ring (bicyclic) bond motifs is 1. The maximum Gasteiger partial charge on any atom is 0.0110 e. The van der Waals surface area contributed by atoms with Gasteiger partial charge in [-0.1, -0.05) is 12.8 Å². The summed E-state index contributed by atoms with van der Waals surface area (Å²) in [5, 5.41) is 0. The van der Waals surface area contributed by atoms with E-state index in [0.29, 0.717) is 0 Å². The lowest BCUT2D eigenvalue weighted by Crippen LogP contribution is -2.47. The highest BCUT2D eigenvalue weighted by Crippen LogP contribution is 2.41. The van der Waals surface area contributed by atoms with Crippen molar-refractivity contribution in [1.82, 2.24) is 14.7 Å². The fourth-order valence-corrected chi connectivity index (χ4v) is 5.46. The monoisotopic (exact) mass is 305 g/mol. The third kappa shape index (κ3) is 3.37. The molecule has 0 spiro atoms. The number of rotatable bonds is 4. The minimum atomic E-state index is 0.994. The molecule has 0 N–H and O–H groups in total. The van der Waals surface area contributed by atoms with Gasteiger partial charge in [0, 0.05) is 52.4 Å². The molecule has 4 rings (SSSR count). The van der Waals surface area contributed by atoms with E-state index in [9.17, 15) is 0 Å². The second-order valence-electron chi connectivity index (χ2n) is 8.73. The van der Waals surface area contributed by atoms with E-state index < -0.39 is 0 Å². The highest BCUT2D eigenvalue weighted by atomic mass is 15.2. The van der Waals surface area contributed by atoms with Gasteiger partial charge in [-0.3, -0.25) is 0 Å². The van der Waals surface area contributed by atoms with Crippen LogP contribution in [0.5, 0.6) is 0 Å². The molecule has 126 valence electrons. The van der Waals surface area contributed by atoms with Crippen molar-refractivity contribution in [3.63, 3.8) is 0 Å². The van der Waals surface area contributed by atoms with Crippen LogP contribution in [0.2, 0.25) is 0 Å². The lowest BCUT2D eigenvalue weighted by Gasteiger charge is -2.39. The van der Waals surface area contributed by atoms with Crippen LogP contribution < -0.4 is 0 Å². The van der Waals surface area contributed by atoms with Crippen molar-refractivity contribution in [2.45, 2.75) is 38.5 Å². The summed E-state index contributed by atoms with van der Waals surface area (Å²) >= 11 is 0. The van der Waals surface area contributed by atoms with Gasteiger partial charge >= 0.3 is 0 Å². The summed E-state index contributed by atoms with van der Waals surface area (Å²) < 4.78 is 0. The predicted octanol–water partition coefficient (Wildman–Crippen LogP) is 2.38. The molecule has 3 nitrogen and oxygen atoms in total. The molecule has 0 bridgehead atoms. The quantitative estimate of drug-likeness (QED) is 0.789. The Kier molecular flexibility index (Phi) is 4.75. The van der Waals surface area contributed by atoms with E-state index in [1.807, 2.05) is 0 Å². The first kappa shape index (κ1) is 15.4. The maximum atomic E-state index is 2.85. The number of piperazine rings is 1. The Morgan fingerprint density at radius 2 is 1.55 bits per heavy atom. The average Bonchev–Trinajstić information content (AvgIpc) is 2.89. The van der Waals surface area contributed by atoms with E-state index in [1.54, 1.807) is 0 Å². The second-order valence-corrected chi connectivity index (χ2v) is 8.73. The first-order valence-corrected chi connectivity index (χ1v) is 9.91. The lowest BCUT2D eigenvalue weighted by atomic mass is 9.73. The molecule has 2 heterocycles. The third-order valence-electron chi connectivity index (χ3n) is 7.15. The Morgan fingerprint density at radius 1 is 0.773 bits per heavy atom. The molecule has 0 radical (unpaired) electrons. The average molecular weight is 306 g/mol.